The van der Waals surface area contributed by atoms with Crippen molar-refractivity contribution in [2.24, 2.45) is 5.73 Å². The van der Waals surface area contributed by atoms with Crippen molar-refractivity contribution in [3.8, 4) is 5.75 Å². The molecule has 3 heteroatoms. The zero-order valence-electron chi connectivity index (χ0n) is 10.3. The van der Waals surface area contributed by atoms with Crippen LogP contribution in [-0.4, -0.2) is 19.3 Å². The van der Waals surface area contributed by atoms with E-state index in [2.05, 4.69) is 0 Å². The molecule has 0 heterocycles. The minimum Gasteiger partial charge on any atom is -0.488 e. The van der Waals surface area contributed by atoms with Gasteiger partial charge in [0.25, 0.3) is 0 Å². The van der Waals surface area contributed by atoms with Gasteiger partial charge in [-0.05, 0) is 38.5 Å². The van der Waals surface area contributed by atoms with Crippen molar-refractivity contribution in [3.05, 3.63) is 29.8 Å². The summed E-state index contributed by atoms with van der Waals surface area (Å²) >= 11 is 0. The second kappa shape index (κ2) is 6.51. The Labute approximate surface area is 97.6 Å². The number of benzene rings is 1. The minimum atomic E-state index is 0.0647. The molecule has 0 aliphatic carbocycles. The lowest BCUT2D eigenvalue weighted by atomic mass is 10.1. The summed E-state index contributed by atoms with van der Waals surface area (Å²) in [4.78, 5) is 0. The fourth-order valence-corrected chi connectivity index (χ4v) is 1.40. The molecule has 90 valence electrons. The van der Waals surface area contributed by atoms with E-state index >= 15 is 0 Å². The van der Waals surface area contributed by atoms with Crippen LogP contribution in [0.3, 0.4) is 0 Å². The van der Waals surface area contributed by atoms with Crippen molar-refractivity contribution in [3.63, 3.8) is 0 Å². The largest absolute Gasteiger partial charge is 0.488 e. The monoisotopic (exact) mass is 223 g/mol. The second-order valence-corrected chi connectivity index (χ2v) is 3.95. The number of nitrogens with two attached hydrogens (primary N) is 1. The van der Waals surface area contributed by atoms with Gasteiger partial charge in [-0.25, -0.2) is 0 Å². The molecule has 1 aromatic rings. The molecule has 16 heavy (non-hydrogen) atoms. The number of ether oxygens (including phenoxy) is 2. The van der Waals surface area contributed by atoms with Crippen LogP contribution in [0.25, 0.3) is 0 Å². The highest BCUT2D eigenvalue weighted by Crippen LogP contribution is 2.17. The molecular formula is C13H21NO2. The average Bonchev–Trinajstić information content (AvgIpc) is 2.27. The maximum absolute atomic E-state index is 5.77. The van der Waals surface area contributed by atoms with Crippen LogP contribution in [0.4, 0.5) is 0 Å². The van der Waals surface area contributed by atoms with Gasteiger partial charge in [-0.1, -0.05) is 12.1 Å². The summed E-state index contributed by atoms with van der Waals surface area (Å²) in [6.45, 7) is 7.27. The standard InChI is InChI=1S/C13H21NO2/c1-4-15-9-10(2)16-13-7-5-12(6-8-13)11(3)14/h5-8,10-11H,4,9,14H2,1-3H3/t10?,11-/m0/s1. The van der Waals surface area contributed by atoms with Crippen LogP contribution in [0, 0.1) is 0 Å². The zero-order chi connectivity index (χ0) is 12.0. The van der Waals surface area contributed by atoms with E-state index in [4.69, 9.17) is 15.2 Å². The minimum absolute atomic E-state index is 0.0647. The smallest absolute Gasteiger partial charge is 0.119 e. The van der Waals surface area contributed by atoms with Gasteiger partial charge in [0.15, 0.2) is 0 Å². The molecule has 0 aliphatic rings. The lowest BCUT2D eigenvalue weighted by Crippen LogP contribution is -2.19. The summed E-state index contributed by atoms with van der Waals surface area (Å²) in [6, 6.07) is 7.94. The predicted molar refractivity (Wildman–Crippen MR) is 65.6 cm³/mol. The van der Waals surface area contributed by atoms with E-state index in [0.717, 1.165) is 17.9 Å². The molecule has 0 aromatic heterocycles. The summed E-state index contributed by atoms with van der Waals surface area (Å²) in [7, 11) is 0. The van der Waals surface area contributed by atoms with Crippen molar-refractivity contribution in [2.75, 3.05) is 13.2 Å². The highest BCUT2D eigenvalue weighted by molar-refractivity contribution is 5.28. The van der Waals surface area contributed by atoms with Crippen LogP contribution in [0.1, 0.15) is 32.4 Å². The van der Waals surface area contributed by atoms with Gasteiger partial charge in [0, 0.05) is 12.6 Å². The van der Waals surface area contributed by atoms with Gasteiger partial charge in [-0.2, -0.15) is 0 Å². The molecule has 0 amide bonds. The molecule has 0 saturated heterocycles. The molecule has 0 saturated carbocycles. The van der Waals surface area contributed by atoms with E-state index in [1.54, 1.807) is 0 Å². The first-order valence-corrected chi connectivity index (χ1v) is 5.73. The predicted octanol–water partition coefficient (Wildman–Crippen LogP) is 2.51. The van der Waals surface area contributed by atoms with Gasteiger partial charge in [0.2, 0.25) is 0 Å². The molecule has 0 aliphatic heterocycles. The first-order valence-electron chi connectivity index (χ1n) is 5.73. The summed E-state index contributed by atoms with van der Waals surface area (Å²) in [6.07, 6.45) is 0.0705. The van der Waals surface area contributed by atoms with Crippen molar-refractivity contribution in [1.29, 1.82) is 0 Å². The van der Waals surface area contributed by atoms with E-state index in [0.29, 0.717) is 6.61 Å². The summed E-state index contributed by atoms with van der Waals surface area (Å²) in [5.74, 6) is 0.858. The van der Waals surface area contributed by atoms with E-state index < -0.39 is 0 Å². The highest BCUT2D eigenvalue weighted by Gasteiger charge is 2.04. The van der Waals surface area contributed by atoms with E-state index in [1.807, 2.05) is 45.0 Å². The number of hydrogen-bond acceptors (Lipinski definition) is 3. The molecule has 0 fully saturated rings. The maximum Gasteiger partial charge on any atom is 0.119 e. The van der Waals surface area contributed by atoms with Gasteiger partial charge in [0.05, 0.1) is 6.61 Å². The molecule has 0 radical (unpaired) electrons. The van der Waals surface area contributed by atoms with Gasteiger partial charge in [-0.3, -0.25) is 0 Å². The van der Waals surface area contributed by atoms with Gasteiger partial charge >= 0.3 is 0 Å². The Hall–Kier alpha value is -1.06. The van der Waals surface area contributed by atoms with Gasteiger partial charge < -0.3 is 15.2 Å². The van der Waals surface area contributed by atoms with Crippen LogP contribution >= 0.6 is 0 Å². The van der Waals surface area contributed by atoms with Crippen molar-refractivity contribution >= 4 is 0 Å². The molecule has 1 aromatic carbocycles. The van der Waals surface area contributed by atoms with E-state index in [-0.39, 0.29) is 12.1 Å². The van der Waals surface area contributed by atoms with E-state index in [1.165, 1.54) is 0 Å². The molecule has 2 atom stereocenters. The Morgan fingerprint density at radius 1 is 1.19 bits per heavy atom. The third kappa shape index (κ3) is 4.21. The average molecular weight is 223 g/mol. The van der Waals surface area contributed by atoms with Crippen molar-refractivity contribution < 1.29 is 9.47 Å². The first-order chi connectivity index (χ1) is 7.63. The molecular weight excluding hydrogens is 202 g/mol. The molecule has 1 rings (SSSR count). The van der Waals surface area contributed by atoms with Crippen LogP contribution in [0.15, 0.2) is 24.3 Å². The summed E-state index contributed by atoms with van der Waals surface area (Å²) in [5, 5.41) is 0. The second-order valence-electron chi connectivity index (χ2n) is 3.95. The van der Waals surface area contributed by atoms with Crippen LogP contribution in [0.5, 0.6) is 5.75 Å². The Bertz CT molecular complexity index is 295. The molecule has 3 nitrogen and oxygen atoms in total. The molecule has 0 spiro atoms. The van der Waals surface area contributed by atoms with Gasteiger partial charge in [-0.15, -0.1) is 0 Å². The number of hydrogen-bond donors (Lipinski definition) is 1. The molecule has 2 N–H and O–H groups in total. The Morgan fingerprint density at radius 2 is 1.81 bits per heavy atom. The maximum atomic E-state index is 5.77. The van der Waals surface area contributed by atoms with Crippen molar-refractivity contribution in [2.45, 2.75) is 32.9 Å². The normalized spacial score (nSPS) is 14.5. The zero-order valence-corrected chi connectivity index (χ0v) is 10.3. The Morgan fingerprint density at radius 3 is 2.31 bits per heavy atom. The lowest BCUT2D eigenvalue weighted by Gasteiger charge is -2.15. The third-order valence-electron chi connectivity index (χ3n) is 2.30. The lowest BCUT2D eigenvalue weighted by molar-refractivity contribution is 0.0657. The fourth-order valence-electron chi connectivity index (χ4n) is 1.40. The van der Waals surface area contributed by atoms with E-state index in [9.17, 15) is 0 Å². The quantitative estimate of drug-likeness (QED) is 0.806. The molecule has 0 bridgehead atoms. The Balaban J connectivity index is 2.48. The third-order valence-corrected chi connectivity index (χ3v) is 2.30. The van der Waals surface area contributed by atoms with Crippen molar-refractivity contribution in [1.82, 2.24) is 0 Å². The molecule has 1 unspecified atom stereocenters. The van der Waals surface area contributed by atoms with Gasteiger partial charge in [0.1, 0.15) is 11.9 Å². The van der Waals surface area contributed by atoms with Crippen LogP contribution < -0.4 is 10.5 Å². The SMILES string of the molecule is CCOCC(C)Oc1ccc([C@H](C)N)cc1. The Kier molecular flexibility index (Phi) is 5.29. The fraction of sp³-hybridized carbons (Fsp3) is 0.538. The summed E-state index contributed by atoms with van der Waals surface area (Å²) in [5.41, 5.74) is 6.89. The van der Waals surface area contributed by atoms with Crippen LogP contribution in [-0.2, 0) is 4.74 Å². The number of rotatable bonds is 6. The van der Waals surface area contributed by atoms with Crippen LogP contribution in [0.2, 0.25) is 0 Å². The summed E-state index contributed by atoms with van der Waals surface area (Å²) < 4.78 is 11.0. The highest BCUT2D eigenvalue weighted by atomic mass is 16.5. The first kappa shape index (κ1) is 13.0. The topological polar surface area (TPSA) is 44.5 Å².